The first-order chi connectivity index (χ1) is 7.74. The summed E-state index contributed by atoms with van der Waals surface area (Å²) in [4.78, 5) is 12.0. The second kappa shape index (κ2) is 4.31. The maximum Gasteiger partial charge on any atom is 0.199 e. The summed E-state index contributed by atoms with van der Waals surface area (Å²) < 4.78 is 18.6. The van der Waals surface area contributed by atoms with Crippen LogP contribution in [0.25, 0.3) is 0 Å². The number of hydrogen-bond donors (Lipinski definition) is 0. The fourth-order valence-corrected chi connectivity index (χ4v) is 1.61. The maximum atomic E-state index is 13.4. The van der Waals surface area contributed by atoms with Crippen LogP contribution in [0.2, 0.25) is 0 Å². The second-order valence-corrected chi connectivity index (χ2v) is 3.42. The second-order valence-electron chi connectivity index (χ2n) is 3.42. The van der Waals surface area contributed by atoms with Crippen molar-refractivity contribution in [3.63, 3.8) is 0 Å². The van der Waals surface area contributed by atoms with Gasteiger partial charge in [0.25, 0.3) is 0 Å². The zero-order valence-corrected chi connectivity index (χ0v) is 8.87. The summed E-state index contributed by atoms with van der Waals surface area (Å²) in [6, 6.07) is 7.53. The van der Waals surface area contributed by atoms with Crippen molar-refractivity contribution >= 4 is 5.78 Å². The molecule has 1 heterocycles. The van der Waals surface area contributed by atoms with Crippen LogP contribution >= 0.6 is 0 Å². The van der Waals surface area contributed by atoms with Crippen LogP contribution in [-0.2, 0) is 6.42 Å². The highest BCUT2D eigenvalue weighted by atomic mass is 19.1. The van der Waals surface area contributed by atoms with Gasteiger partial charge in [-0.3, -0.25) is 4.79 Å². The van der Waals surface area contributed by atoms with E-state index in [9.17, 15) is 9.18 Å². The average molecular weight is 218 g/mol. The van der Waals surface area contributed by atoms with Crippen LogP contribution in [0.5, 0.6) is 0 Å². The van der Waals surface area contributed by atoms with Crippen LogP contribution in [0.1, 0.15) is 28.6 Å². The van der Waals surface area contributed by atoms with Crippen molar-refractivity contribution in [1.29, 1.82) is 0 Å². The van der Waals surface area contributed by atoms with Gasteiger partial charge in [-0.1, -0.05) is 19.1 Å². The van der Waals surface area contributed by atoms with Gasteiger partial charge in [0.15, 0.2) is 5.78 Å². The average Bonchev–Trinajstić information content (AvgIpc) is 2.77. The molecule has 0 aliphatic heterocycles. The number of halogens is 1. The molecular formula is C13H11FO2. The van der Waals surface area contributed by atoms with E-state index in [0.717, 1.165) is 0 Å². The monoisotopic (exact) mass is 218 g/mol. The highest BCUT2D eigenvalue weighted by molar-refractivity contribution is 6.09. The summed E-state index contributed by atoms with van der Waals surface area (Å²) in [5.41, 5.74) is 0.520. The normalized spacial score (nSPS) is 10.4. The molecule has 1 aromatic heterocycles. The molecule has 0 aliphatic carbocycles. The van der Waals surface area contributed by atoms with Crippen molar-refractivity contribution in [3.8, 4) is 0 Å². The number of carbonyl (C=O) groups is 1. The quantitative estimate of drug-likeness (QED) is 0.740. The third kappa shape index (κ3) is 1.76. The van der Waals surface area contributed by atoms with Gasteiger partial charge in [-0.15, -0.1) is 0 Å². The van der Waals surface area contributed by atoms with E-state index >= 15 is 0 Å². The molecule has 0 aliphatic rings. The molecule has 0 radical (unpaired) electrons. The van der Waals surface area contributed by atoms with Crippen molar-refractivity contribution in [3.05, 3.63) is 59.3 Å². The van der Waals surface area contributed by atoms with Gasteiger partial charge in [0.1, 0.15) is 11.6 Å². The van der Waals surface area contributed by atoms with E-state index in [1.54, 1.807) is 18.2 Å². The molecule has 0 spiro atoms. The fourth-order valence-electron chi connectivity index (χ4n) is 1.61. The van der Waals surface area contributed by atoms with Crippen molar-refractivity contribution in [2.45, 2.75) is 13.3 Å². The van der Waals surface area contributed by atoms with Crippen molar-refractivity contribution in [2.75, 3.05) is 0 Å². The lowest BCUT2D eigenvalue weighted by atomic mass is 10.0. The summed E-state index contributed by atoms with van der Waals surface area (Å²) in [5, 5.41) is 0. The molecule has 0 fully saturated rings. The van der Waals surface area contributed by atoms with Crippen LogP contribution in [-0.4, -0.2) is 5.78 Å². The van der Waals surface area contributed by atoms with Crippen LogP contribution in [0.4, 0.5) is 4.39 Å². The molecule has 0 saturated heterocycles. The first kappa shape index (κ1) is 10.6. The van der Waals surface area contributed by atoms with E-state index in [1.165, 1.54) is 18.4 Å². The van der Waals surface area contributed by atoms with Gasteiger partial charge in [0.2, 0.25) is 0 Å². The fraction of sp³-hybridized carbons (Fsp3) is 0.154. The molecule has 2 rings (SSSR count). The van der Waals surface area contributed by atoms with E-state index in [2.05, 4.69) is 0 Å². The maximum absolute atomic E-state index is 13.4. The topological polar surface area (TPSA) is 30.2 Å². The third-order valence-corrected chi connectivity index (χ3v) is 2.43. The van der Waals surface area contributed by atoms with Crippen LogP contribution < -0.4 is 0 Å². The smallest absolute Gasteiger partial charge is 0.199 e. The Labute approximate surface area is 92.7 Å². The number of carbonyl (C=O) groups excluding carboxylic acids is 1. The molecular weight excluding hydrogens is 207 g/mol. The predicted octanol–water partition coefficient (Wildman–Crippen LogP) is 3.21. The molecule has 0 unspecified atom stereocenters. The Kier molecular flexibility index (Phi) is 2.86. The zero-order valence-electron chi connectivity index (χ0n) is 8.87. The van der Waals surface area contributed by atoms with Gasteiger partial charge >= 0.3 is 0 Å². The predicted molar refractivity (Wildman–Crippen MR) is 57.9 cm³/mol. The highest BCUT2D eigenvalue weighted by Crippen LogP contribution is 2.18. The Balaban J connectivity index is 2.44. The number of rotatable bonds is 3. The Morgan fingerprint density at radius 1 is 1.25 bits per heavy atom. The van der Waals surface area contributed by atoms with Crippen molar-refractivity contribution in [1.82, 2.24) is 0 Å². The summed E-state index contributed by atoms with van der Waals surface area (Å²) in [5.74, 6) is -0.243. The molecule has 1 aromatic carbocycles. The van der Waals surface area contributed by atoms with Gasteiger partial charge in [-0.2, -0.15) is 0 Å². The van der Waals surface area contributed by atoms with E-state index in [4.69, 9.17) is 4.42 Å². The highest BCUT2D eigenvalue weighted by Gasteiger charge is 2.17. The van der Waals surface area contributed by atoms with Gasteiger partial charge in [-0.05, 0) is 18.2 Å². The SMILES string of the molecule is CCc1occc1C(=O)c1ccccc1F. The van der Waals surface area contributed by atoms with E-state index in [1.807, 2.05) is 6.92 Å². The van der Waals surface area contributed by atoms with Gasteiger partial charge in [0, 0.05) is 6.42 Å². The lowest BCUT2D eigenvalue weighted by Gasteiger charge is -2.01. The standard InChI is InChI=1S/C13H11FO2/c1-2-12-10(7-8-16-12)13(15)9-5-3-4-6-11(9)14/h3-8H,2H2,1H3. The van der Waals surface area contributed by atoms with Gasteiger partial charge < -0.3 is 4.42 Å². The molecule has 3 heteroatoms. The number of ketones is 1. The Morgan fingerprint density at radius 2 is 2.00 bits per heavy atom. The number of aryl methyl sites for hydroxylation is 1. The molecule has 2 nitrogen and oxygen atoms in total. The Bertz CT molecular complexity index is 514. The molecule has 0 amide bonds. The van der Waals surface area contributed by atoms with Crippen LogP contribution in [0.15, 0.2) is 41.0 Å². The molecule has 16 heavy (non-hydrogen) atoms. The third-order valence-electron chi connectivity index (χ3n) is 2.43. The molecule has 0 N–H and O–H groups in total. The Hall–Kier alpha value is -1.90. The zero-order chi connectivity index (χ0) is 11.5. The molecule has 2 aromatic rings. The summed E-state index contributed by atoms with van der Waals surface area (Å²) >= 11 is 0. The van der Waals surface area contributed by atoms with Crippen molar-refractivity contribution < 1.29 is 13.6 Å². The summed E-state index contributed by atoms with van der Waals surface area (Å²) in [7, 11) is 0. The summed E-state index contributed by atoms with van der Waals surface area (Å²) in [6.07, 6.45) is 2.06. The van der Waals surface area contributed by atoms with E-state index in [-0.39, 0.29) is 11.3 Å². The first-order valence-electron chi connectivity index (χ1n) is 5.09. The van der Waals surface area contributed by atoms with Crippen LogP contribution in [0.3, 0.4) is 0 Å². The molecule has 82 valence electrons. The first-order valence-corrected chi connectivity index (χ1v) is 5.09. The number of benzene rings is 1. The molecule has 0 atom stereocenters. The summed E-state index contributed by atoms with van der Waals surface area (Å²) in [6.45, 7) is 1.89. The number of hydrogen-bond acceptors (Lipinski definition) is 2. The van der Waals surface area contributed by atoms with E-state index < -0.39 is 5.82 Å². The number of furan rings is 1. The minimum absolute atomic E-state index is 0.0820. The Morgan fingerprint density at radius 3 is 2.69 bits per heavy atom. The van der Waals surface area contributed by atoms with Gasteiger partial charge in [-0.25, -0.2) is 4.39 Å². The lowest BCUT2D eigenvalue weighted by molar-refractivity contribution is 0.103. The molecule has 0 bridgehead atoms. The minimum Gasteiger partial charge on any atom is -0.469 e. The van der Waals surface area contributed by atoms with Crippen molar-refractivity contribution in [2.24, 2.45) is 0 Å². The minimum atomic E-state index is -0.504. The largest absolute Gasteiger partial charge is 0.469 e. The van der Waals surface area contributed by atoms with E-state index in [0.29, 0.717) is 17.7 Å². The van der Waals surface area contributed by atoms with Crippen LogP contribution in [0, 0.1) is 5.82 Å². The molecule has 0 saturated carbocycles. The lowest BCUT2D eigenvalue weighted by Crippen LogP contribution is -2.05. The van der Waals surface area contributed by atoms with Gasteiger partial charge in [0.05, 0.1) is 17.4 Å².